The minimum Gasteiger partial charge on any atom is -0.309 e. The highest BCUT2D eigenvalue weighted by Gasteiger charge is 2.36. The number of para-hydroxylation sites is 6. The lowest BCUT2D eigenvalue weighted by Gasteiger charge is -2.24. The molecule has 6 nitrogen and oxygen atoms in total. The molecule has 15 aromatic rings. The van der Waals surface area contributed by atoms with Gasteiger partial charge in [0.15, 0.2) is 0 Å². The fraction of sp³-hybridized carbons (Fsp3) is 0.0145. The maximum absolute atomic E-state index is 15.7. The summed E-state index contributed by atoms with van der Waals surface area (Å²) in [7, 11) is 0. The average molecular weight is 1010 g/mol. The molecule has 0 unspecified atom stereocenters. The molecule has 0 aliphatic heterocycles. The van der Waals surface area contributed by atoms with E-state index in [1.807, 2.05) is 66.7 Å². The highest BCUT2D eigenvalue weighted by Crippen LogP contribution is 2.49. The zero-order valence-corrected chi connectivity index (χ0v) is 41.3. The molecule has 0 N–H and O–H groups in total. The van der Waals surface area contributed by atoms with Crippen molar-refractivity contribution in [3.05, 3.63) is 253 Å². The quantitative estimate of drug-likeness (QED) is 0.167. The number of rotatable bonds is 6. The van der Waals surface area contributed by atoms with Gasteiger partial charge in [-0.2, -0.15) is 23.7 Å². The molecule has 0 atom stereocenters. The Balaban J connectivity index is 1.04. The molecule has 0 saturated heterocycles. The zero-order chi connectivity index (χ0) is 52.4. The van der Waals surface area contributed by atoms with Crippen LogP contribution in [0.25, 0.3) is 132 Å². The zero-order valence-electron chi connectivity index (χ0n) is 41.3. The number of nitriles is 2. The third-order valence-electron chi connectivity index (χ3n) is 15.7. The minimum absolute atomic E-state index is 0.117. The Morgan fingerprint density at radius 1 is 0.308 bits per heavy atom. The van der Waals surface area contributed by atoms with Gasteiger partial charge in [0.25, 0.3) is 0 Å². The lowest BCUT2D eigenvalue weighted by Crippen LogP contribution is -2.09. The molecule has 0 radical (unpaired) electrons. The number of fused-ring (bicyclic) bond motifs is 12. The van der Waals surface area contributed by atoms with Gasteiger partial charge in [0.2, 0.25) is 0 Å². The topological polar surface area (TPSA) is 67.3 Å². The SMILES string of the molecule is N#Cc1ccc(-c2cccc(-n3c4ccccc4c4cc(-n5c6ccccc6c6ccccc65)ccc43)c2-c2c(C#N)cccc2-n2c3ccccc3c3cc(-n4c5ccccc5c5ccccc54)ccc32)c(C(F)(F)F)c1. The largest absolute Gasteiger partial charge is 0.417 e. The van der Waals surface area contributed by atoms with Crippen LogP contribution in [0.5, 0.6) is 0 Å². The molecule has 0 aliphatic carbocycles. The second kappa shape index (κ2) is 17.0. The first-order valence-corrected chi connectivity index (χ1v) is 25.6. The van der Waals surface area contributed by atoms with Crippen LogP contribution < -0.4 is 0 Å². The van der Waals surface area contributed by atoms with Crippen LogP contribution in [0, 0.1) is 22.7 Å². The van der Waals surface area contributed by atoms with E-state index in [0.717, 1.165) is 105 Å². The summed E-state index contributed by atoms with van der Waals surface area (Å²) in [6.45, 7) is 0. The average Bonchev–Trinajstić information content (AvgIpc) is 4.31. The summed E-state index contributed by atoms with van der Waals surface area (Å²) >= 11 is 0. The number of nitrogens with zero attached hydrogens (tertiary/aromatic N) is 6. The second-order valence-corrected chi connectivity index (χ2v) is 19.7. The Labute approximate surface area is 443 Å². The molecule has 0 aliphatic rings. The lowest BCUT2D eigenvalue weighted by molar-refractivity contribution is -0.137. The summed E-state index contributed by atoms with van der Waals surface area (Å²) in [6, 6.07) is 81.7. The molecule has 11 aromatic carbocycles. The number of halogens is 3. The summed E-state index contributed by atoms with van der Waals surface area (Å²) in [4.78, 5) is 0. The third kappa shape index (κ3) is 6.49. The monoisotopic (exact) mass is 1010 g/mol. The number of aromatic nitrogens is 4. The standard InChI is InChI=1S/C69H39F3N6/c70-69(71,72)56-37-42(40-73)31-34-46(56)53-22-14-30-66(78-62-28-12-6-21-52(62)55-39-45(33-36-64(55)78)76-59-25-9-3-18-49(59)50-19-4-10-26-60(50)76)68(53)67-43(41-74)15-13-29-65(67)77-61-27-11-5-20-51(61)54-38-44(32-35-63(54)77)75-57-23-7-1-16-47(57)48-17-2-8-24-58(48)75/h1-39H. The van der Waals surface area contributed by atoms with Crippen LogP contribution in [-0.4, -0.2) is 18.3 Å². The van der Waals surface area contributed by atoms with Crippen LogP contribution in [-0.2, 0) is 6.18 Å². The van der Waals surface area contributed by atoms with Gasteiger partial charge in [0.05, 0.1) is 84.3 Å². The van der Waals surface area contributed by atoms with Crippen LogP contribution in [0.4, 0.5) is 13.2 Å². The fourth-order valence-corrected chi connectivity index (χ4v) is 12.5. The predicted molar refractivity (Wildman–Crippen MR) is 309 cm³/mol. The normalized spacial score (nSPS) is 12.0. The first-order valence-electron chi connectivity index (χ1n) is 25.6. The molecular formula is C69H39F3N6. The summed E-state index contributed by atoms with van der Waals surface area (Å²) in [6.07, 6.45) is -4.84. The molecular weight excluding hydrogens is 970 g/mol. The molecule has 4 heterocycles. The minimum atomic E-state index is -4.84. The van der Waals surface area contributed by atoms with Gasteiger partial charge in [-0.05, 0) is 114 Å². The summed E-state index contributed by atoms with van der Waals surface area (Å²) in [5.74, 6) is 0. The molecule has 0 saturated carbocycles. The van der Waals surface area contributed by atoms with Crippen molar-refractivity contribution in [3.63, 3.8) is 0 Å². The number of hydrogen-bond acceptors (Lipinski definition) is 2. The van der Waals surface area contributed by atoms with Gasteiger partial charge in [-0.25, -0.2) is 0 Å². The van der Waals surface area contributed by atoms with Crippen LogP contribution >= 0.6 is 0 Å². The van der Waals surface area contributed by atoms with Crippen LogP contribution in [0.1, 0.15) is 16.7 Å². The Kier molecular flexibility index (Phi) is 9.75. The highest BCUT2D eigenvalue weighted by atomic mass is 19.4. The van der Waals surface area contributed by atoms with Gasteiger partial charge in [-0.15, -0.1) is 0 Å². The molecule has 15 rings (SSSR count). The Morgan fingerprint density at radius 3 is 1.12 bits per heavy atom. The third-order valence-corrected chi connectivity index (χ3v) is 15.7. The summed E-state index contributed by atoms with van der Waals surface area (Å²) < 4.78 is 55.8. The van der Waals surface area contributed by atoms with Gasteiger partial charge in [-0.3, -0.25) is 0 Å². The van der Waals surface area contributed by atoms with E-state index in [2.05, 4.69) is 164 Å². The van der Waals surface area contributed by atoms with Gasteiger partial charge in [0.1, 0.15) is 0 Å². The van der Waals surface area contributed by atoms with E-state index in [9.17, 15) is 10.5 Å². The van der Waals surface area contributed by atoms with Crippen molar-refractivity contribution >= 4 is 87.2 Å². The molecule has 4 aromatic heterocycles. The first-order chi connectivity index (χ1) is 38.3. The first kappa shape index (κ1) is 44.8. The van der Waals surface area contributed by atoms with Crippen molar-refractivity contribution in [1.29, 1.82) is 10.5 Å². The molecule has 0 spiro atoms. The van der Waals surface area contributed by atoms with Gasteiger partial charge in [0, 0.05) is 65.6 Å². The maximum Gasteiger partial charge on any atom is 0.417 e. The van der Waals surface area contributed by atoms with Crippen molar-refractivity contribution in [3.8, 4) is 57.1 Å². The van der Waals surface area contributed by atoms with Gasteiger partial charge < -0.3 is 18.3 Å². The van der Waals surface area contributed by atoms with Crippen LogP contribution in [0.3, 0.4) is 0 Å². The van der Waals surface area contributed by atoms with E-state index in [0.29, 0.717) is 22.5 Å². The van der Waals surface area contributed by atoms with Crippen LogP contribution in [0.15, 0.2) is 237 Å². The van der Waals surface area contributed by atoms with E-state index < -0.39 is 11.7 Å². The van der Waals surface area contributed by atoms with Crippen molar-refractivity contribution in [2.45, 2.75) is 6.18 Å². The number of alkyl halides is 3. The van der Waals surface area contributed by atoms with Gasteiger partial charge >= 0.3 is 6.18 Å². The Hall–Kier alpha value is -10.6. The maximum atomic E-state index is 15.7. The van der Waals surface area contributed by atoms with Gasteiger partial charge in [-0.1, -0.05) is 133 Å². The molecule has 0 bridgehead atoms. The number of hydrogen-bond donors (Lipinski definition) is 0. The molecule has 78 heavy (non-hydrogen) atoms. The number of benzene rings is 11. The summed E-state index contributed by atoms with van der Waals surface area (Å²) in [5.41, 5.74) is 10.9. The Morgan fingerprint density at radius 2 is 0.692 bits per heavy atom. The fourth-order valence-electron chi connectivity index (χ4n) is 12.5. The predicted octanol–water partition coefficient (Wildman–Crippen LogP) is 18.2. The van der Waals surface area contributed by atoms with E-state index in [1.165, 1.54) is 12.1 Å². The van der Waals surface area contributed by atoms with Crippen molar-refractivity contribution in [2.24, 2.45) is 0 Å². The molecule has 0 fully saturated rings. The highest BCUT2D eigenvalue weighted by molar-refractivity contribution is 6.15. The summed E-state index contributed by atoms with van der Waals surface area (Å²) in [5, 5.41) is 29.7. The van der Waals surface area contributed by atoms with Crippen LogP contribution in [0.2, 0.25) is 0 Å². The van der Waals surface area contributed by atoms with E-state index in [4.69, 9.17) is 0 Å². The van der Waals surface area contributed by atoms with E-state index >= 15 is 13.2 Å². The Bertz CT molecular complexity index is 5020. The molecule has 0 amide bonds. The van der Waals surface area contributed by atoms with Crippen molar-refractivity contribution < 1.29 is 13.2 Å². The smallest absolute Gasteiger partial charge is 0.309 e. The van der Waals surface area contributed by atoms with E-state index in [1.54, 1.807) is 18.2 Å². The van der Waals surface area contributed by atoms with E-state index in [-0.39, 0.29) is 22.3 Å². The molecule has 9 heteroatoms. The van der Waals surface area contributed by atoms with Crippen molar-refractivity contribution in [1.82, 2.24) is 18.3 Å². The molecule has 366 valence electrons. The lowest BCUT2D eigenvalue weighted by atomic mass is 9.86. The second-order valence-electron chi connectivity index (χ2n) is 19.7. The van der Waals surface area contributed by atoms with Crippen molar-refractivity contribution in [2.75, 3.05) is 0 Å².